The summed E-state index contributed by atoms with van der Waals surface area (Å²) in [7, 11) is 0. The highest BCUT2D eigenvalue weighted by molar-refractivity contribution is 5.41. The van der Waals surface area contributed by atoms with Crippen LogP contribution in [0.2, 0.25) is 0 Å². The molecule has 1 saturated carbocycles. The normalized spacial score (nSPS) is 30.0. The number of hydrogen-bond acceptors (Lipinski definition) is 1. The van der Waals surface area contributed by atoms with E-state index in [1.807, 2.05) is 0 Å². The summed E-state index contributed by atoms with van der Waals surface area (Å²) in [5.41, 5.74) is 3.96. The summed E-state index contributed by atoms with van der Waals surface area (Å²) in [6.45, 7) is 5.02. The highest BCUT2D eigenvalue weighted by Gasteiger charge is 2.53. The first-order chi connectivity index (χ1) is 13.3. The second kappa shape index (κ2) is 9.12. The number of rotatable bonds is 9. The standard InChI is InChI=1S/C26H41N/c1-2-3-4-5-6-7-8-13-19-27-20-18-26-17-12-11-16-24(26)25(27)21-22-14-9-10-15-23(22)26/h9-10,14-15,24-25H,2-8,11-13,16-21H2,1H3/t24-,25+,26-/m0/s1. The minimum Gasteiger partial charge on any atom is -0.300 e. The van der Waals surface area contributed by atoms with Crippen molar-refractivity contribution in [2.75, 3.05) is 13.1 Å². The molecule has 1 heterocycles. The Morgan fingerprint density at radius 2 is 1.70 bits per heavy atom. The van der Waals surface area contributed by atoms with Gasteiger partial charge in [0.2, 0.25) is 0 Å². The van der Waals surface area contributed by atoms with E-state index >= 15 is 0 Å². The second-order valence-corrected chi connectivity index (χ2v) is 9.70. The molecule has 0 amide bonds. The van der Waals surface area contributed by atoms with E-state index in [1.54, 1.807) is 11.1 Å². The Kier molecular flexibility index (Phi) is 6.58. The molecule has 1 nitrogen and oxygen atoms in total. The van der Waals surface area contributed by atoms with Gasteiger partial charge in [-0.05, 0) is 62.2 Å². The summed E-state index contributed by atoms with van der Waals surface area (Å²) >= 11 is 0. The lowest BCUT2D eigenvalue weighted by Crippen LogP contribution is -2.60. The molecule has 2 aliphatic carbocycles. The molecule has 0 radical (unpaired) electrons. The molecule has 0 unspecified atom stereocenters. The van der Waals surface area contributed by atoms with Crippen LogP contribution in [0.4, 0.5) is 0 Å². The Hall–Kier alpha value is -0.820. The van der Waals surface area contributed by atoms with Gasteiger partial charge in [0.25, 0.3) is 0 Å². The van der Waals surface area contributed by atoms with Crippen LogP contribution in [0.1, 0.15) is 102 Å². The van der Waals surface area contributed by atoms with Gasteiger partial charge in [0.05, 0.1) is 0 Å². The zero-order valence-corrected chi connectivity index (χ0v) is 17.7. The van der Waals surface area contributed by atoms with E-state index in [9.17, 15) is 0 Å². The first-order valence-corrected chi connectivity index (χ1v) is 12.2. The molecule has 2 bridgehead atoms. The average molecular weight is 368 g/mol. The zero-order chi connectivity index (χ0) is 18.5. The van der Waals surface area contributed by atoms with Crippen LogP contribution in [-0.4, -0.2) is 24.0 Å². The SMILES string of the molecule is CCCCCCCCCCN1CC[C@]23CCCC[C@H]2[C@H]1Cc1ccccc13. The van der Waals surface area contributed by atoms with Gasteiger partial charge in [-0.25, -0.2) is 0 Å². The largest absolute Gasteiger partial charge is 0.300 e. The summed E-state index contributed by atoms with van der Waals surface area (Å²) in [5.74, 6) is 0.934. The van der Waals surface area contributed by atoms with E-state index in [0.29, 0.717) is 5.41 Å². The first-order valence-electron chi connectivity index (χ1n) is 12.2. The average Bonchev–Trinajstić information content (AvgIpc) is 2.71. The number of piperidine rings is 1. The van der Waals surface area contributed by atoms with Gasteiger partial charge in [-0.15, -0.1) is 0 Å². The summed E-state index contributed by atoms with van der Waals surface area (Å²) in [4.78, 5) is 2.92. The minimum atomic E-state index is 0.535. The van der Waals surface area contributed by atoms with Crippen molar-refractivity contribution in [2.45, 2.75) is 108 Å². The van der Waals surface area contributed by atoms with Crippen LogP contribution in [0.3, 0.4) is 0 Å². The third kappa shape index (κ3) is 4.00. The van der Waals surface area contributed by atoms with Crippen LogP contribution >= 0.6 is 0 Å². The second-order valence-electron chi connectivity index (χ2n) is 9.70. The third-order valence-corrected chi connectivity index (χ3v) is 8.16. The van der Waals surface area contributed by atoms with Gasteiger partial charge in [0.15, 0.2) is 0 Å². The predicted molar refractivity (Wildman–Crippen MR) is 116 cm³/mol. The maximum absolute atomic E-state index is 2.92. The fourth-order valence-electron chi connectivity index (χ4n) is 6.78. The number of benzene rings is 1. The summed E-state index contributed by atoms with van der Waals surface area (Å²) in [5, 5.41) is 0. The molecule has 1 aromatic rings. The summed E-state index contributed by atoms with van der Waals surface area (Å²) < 4.78 is 0. The molecule has 27 heavy (non-hydrogen) atoms. The fraction of sp³-hybridized carbons (Fsp3) is 0.769. The molecule has 3 aliphatic rings. The van der Waals surface area contributed by atoms with E-state index < -0.39 is 0 Å². The lowest BCUT2D eigenvalue weighted by molar-refractivity contribution is -0.0119. The molecule has 2 fully saturated rings. The smallest absolute Gasteiger partial charge is 0.0172 e. The molecule has 1 saturated heterocycles. The third-order valence-electron chi connectivity index (χ3n) is 8.16. The summed E-state index contributed by atoms with van der Waals surface area (Å²) in [6, 6.07) is 10.3. The van der Waals surface area contributed by atoms with Crippen LogP contribution in [0.25, 0.3) is 0 Å². The molecule has 3 atom stereocenters. The Balaban J connectivity index is 1.34. The Bertz CT molecular complexity index is 594. The van der Waals surface area contributed by atoms with Crippen molar-refractivity contribution in [3.05, 3.63) is 35.4 Å². The predicted octanol–water partition coefficient (Wildman–Crippen LogP) is 6.89. The first kappa shape index (κ1) is 19.5. The quantitative estimate of drug-likeness (QED) is 0.430. The van der Waals surface area contributed by atoms with Crippen molar-refractivity contribution < 1.29 is 0 Å². The number of nitrogens with zero attached hydrogens (tertiary/aromatic N) is 1. The molecule has 0 aromatic heterocycles. The summed E-state index contributed by atoms with van der Waals surface area (Å²) in [6.07, 6.45) is 20.1. The van der Waals surface area contributed by atoms with E-state index in [1.165, 1.54) is 103 Å². The number of unbranched alkanes of at least 4 members (excludes halogenated alkanes) is 7. The highest BCUT2D eigenvalue weighted by atomic mass is 15.2. The van der Waals surface area contributed by atoms with Crippen molar-refractivity contribution in [3.8, 4) is 0 Å². The number of likely N-dealkylation sites (tertiary alicyclic amines) is 1. The lowest BCUT2D eigenvalue weighted by atomic mass is 9.52. The molecule has 0 N–H and O–H groups in total. The molecule has 1 aromatic carbocycles. The monoisotopic (exact) mass is 367 g/mol. The van der Waals surface area contributed by atoms with Crippen LogP contribution in [0.15, 0.2) is 24.3 Å². The molecule has 0 spiro atoms. The van der Waals surface area contributed by atoms with Gasteiger partial charge in [0.1, 0.15) is 0 Å². The molecular weight excluding hydrogens is 326 g/mol. The lowest BCUT2D eigenvalue weighted by Gasteiger charge is -2.59. The van der Waals surface area contributed by atoms with Gasteiger partial charge in [-0.1, -0.05) is 89.0 Å². The minimum absolute atomic E-state index is 0.535. The van der Waals surface area contributed by atoms with Crippen molar-refractivity contribution in [1.29, 1.82) is 0 Å². The van der Waals surface area contributed by atoms with Crippen molar-refractivity contribution in [1.82, 2.24) is 4.90 Å². The number of hydrogen-bond donors (Lipinski definition) is 0. The van der Waals surface area contributed by atoms with E-state index in [0.717, 1.165) is 12.0 Å². The van der Waals surface area contributed by atoms with Crippen LogP contribution in [-0.2, 0) is 11.8 Å². The zero-order valence-electron chi connectivity index (χ0n) is 17.7. The maximum atomic E-state index is 2.92. The van der Waals surface area contributed by atoms with Crippen LogP contribution in [0.5, 0.6) is 0 Å². The van der Waals surface area contributed by atoms with E-state index in [-0.39, 0.29) is 0 Å². The Morgan fingerprint density at radius 1 is 0.926 bits per heavy atom. The molecule has 1 heteroatoms. The van der Waals surface area contributed by atoms with Gasteiger partial charge in [-0.3, -0.25) is 4.90 Å². The van der Waals surface area contributed by atoms with Crippen molar-refractivity contribution in [3.63, 3.8) is 0 Å². The van der Waals surface area contributed by atoms with Gasteiger partial charge in [-0.2, -0.15) is 0 Å². The maximum Gasteiger partial charge on any atom is 0.0172 e. The van der Waals surface area contributed by atoms with Gasteiger partial charge >= 0.3 is 0 Å². The Morgan fingerprint density at radius 3 is 2.56 bits per heavy atom. The molecule has 150 valence electrons. The van der Waals surface area contributed by atoms with Crippen LogP contribution in [0, 0.1) is 5.92 Å². The van der Waals surface area contributed by atoms with Gasteiger partial charge in [0, 0.05) is 11.5 Å². The molecular formula is C26H41N. The van der Waals surface area contributed by atoms with Gasteiger partial charge < -0.3 is 0 Å². The fourth-order valence-corrected chi connectivity index (χ4v) is 6.78. The van der Waals surface area contributed by atoms with E-state index in [4.69, 9.17) is 0 Å². The Labute approximate surface area is 167 Å². The van der Waals surface area contributed by atoms with E-state index in [2.05, 4.69) is 36.1 Å². The van der Waals surface area contributed by atoms with Crippen LogP contribution < -0.4 is 0 Å². The van der Waals surface area contributed by atoms with Crippen molar-refractivity contribution >= 4 is 0 Å². The topological polar surface area (TPSA) is 3.24 Å². The molecule has 4 rings (SSSR count). The van der Waals surface area contributed by atoms with Crippen molar-refractivity contribution in [2.24, 2.45) is 5.92 Å². The molecule has 1 aliphatic heterocycles. The highest BCUT2D eigenvalue weighted by Crippen LogP contribution is 2.55. The number of fused-ring (bicyclic) bond motifs is 1.